The first-order valence-electron chi connectivity index (χ1n) is 4.32. The summed E-state index contributed by atoms with van der Waals surface area (Å²) in [6.07, 6.45) is 0. The zero-order valence-corrected chi connectivity index (χ0v) is 8.32. The molecule has 1 rings (SSSR count). The minimum atomic E-state index is -0.0212. The van der Waals surface area contributed by atoms with Gasteiger partial charge in [0, 0.05) is 5.56 Å². The van der Waals surface area contributed by atoms with Crippen LogP contribution in [0.5, 0.6) is 0 Å². The lowest BCUT2D eigenvalue weighted by Gasteiger charge is -2.08. The van der Waals surface area contributed by atoms with Crippen molar-refractivity contribution in [2.24, 2.45) is 0 Å². The lowest BCUT2D eigenvalue weighted by molar-refractivity contribution is 0.0957. The molecule has 0 saturated heterocycles. The minimum Gasteiger partial charge on any atom is -0.302 e. The van der Waals surface area contributed by atoms with Crippen LogP contribution in [0.2, 0.25) is 0 Å². The van der Waals surface area contributed by atoms with Gasteiger partial charge in [-0.3, -0.25) is 4.79 Å². The topological polar surface area (TPSA) is 44.1 Å². The molecule has 0 N–H and O–H groups in total. The highest BCUT2D eigenvalue weighted by atomic mass is 16.1. The van der Waals surface area contributed by atoms with Gasteiger partial charge in [0.15, 0.2) is 5.78 Å². The fourth-order valence-corrected chi connectivity index (χ4v) is 1.20. The van der Waals surface area contributed by atoms with E-state index in [-0.39, 0.29) is 5.78 Å². The average molecular weight is 188 g/mol. The SMILES string of the molecule is CN(C)CC(=O)c1ccccc1C#N. The number of carbonyl (C=O) groups excluding carboxylic acids is 1. The standard InChI is InChI=1S/C11H12N2O/c1-13(2)8-11(14)10-6-4-3-5-9(10)7-12/h3-6H,8H2,1-2H3. The summed E-state index contributed by atoms with van der Waals surface area (Å²) < 4.78 is 0. The van der Waals surface area contributed by atoms with Crippen molar-refractivity contribution in [1.82, 2.24) is 4.90 Å². The van der Waals surface area contributed by atoms with Gasteiger partial charge in [0.1, 0.15) is 0 Å². The van der Waals surface area contributed by atoms with E-state index >= 15 is 0 Å². The smallest absolute Gasteiger partial charge is 0.178 e. The minimum absolute atomic E-state index is 0.0212. The molecule has 0 radical (unpaired) electrons. The Kier molecular flexibility index (Phi) is 3.38. The third kappa shape index (κ3) is 2.41. The monoisotopic (exact) mass is 188 g/mol. The lowest BCUT2D eigenvalue weighted by atomic mass is 10.0. The molecule has 72 valence electrons. The molecule has 0 aliphatic rings. The van der Waals surface area contributed by atoms with Gasteiger partial charge < -0.3 is 4.90 Å². The lowest BCUT2D eigenvalue weighted by Crippen LogP contribution is -2.22. The Bertz CT molecular complexity index is 377. The quantitative estimate of drug-likeness (QED) is 0.671. The molecule has 1 aromatic rings. The number of Topliss-reactive ketones (excluding diaryl/α,β-unsaturated/α-hetero) is 1. The predicted molar refractivity (Wildman–Crippen MR) is 54.0 cm³/mol. The van der Waals surface area contributed by atoms with Crippen molar-refractivity contribution in [1.29, 1.82) is 5.26 Å². The molecular weight excluding hydrogens is 176 g/mol. The summed E-state index contributed by atoms with van der Waals surface area (Å²) in [4.78, 5) is 13.4. The number of nitrogens with zero attached hydrogens (tertiary/aromatic N) is 2. The van der Waals surface area contributed by atoms with Crippen molar-refractivity contribution in [3.63, 3.8) is 0 Å². The second-order valence-electron chi connectivity index (χ2n) is 3.32. The van der Waals surface area contributed by atoms with Gasteiger partial charge >= 0.3 is 0 Å². The van der Waals surface area contributed by atoms with Crippen LogP contribution in [0.3, 0.4) is 0 Å². The highest BCUT2D eigenvalue weighted by molar-refractivity contribution is 5.99. The molecule has 1 aromatic carbocycles. The average Bonchev–Trinajstić information content (AvgIpc) is 2.16. The molecule has 14 heavy (non-hydrogen) atoms. The Balaban J connectivity index is 2.96. The zero-order valence-electron chi connectivity index (χ0n) is 8.32. The number of benzene rings is 1. The summed E-state index contributed by atoms with van der Waals surface area (Å²) in [5, 5.41) is 8.79. The van der Waals surface area contributed by atoms with E-state index in [0.717, 1.165) is 0 Å². The van der Waals surface area contributed by atoms with Gasteiger partial charge in [-0.15, -0.1) is 0 Å². The summed E-state index contributed by atoms with van der Waals surface area (Å²) >= 11 is 0. The number of likely N-dealkylation sites (N-methyl/N-ethyl adjacent to an activating group) is 1. The molecule has 0 aromatic heterocycles. The zero-order chi connectivity index (χ0) is 10.6. The molecule has 3 heteroatoms. The predicted octanol–water partition coefficient (Wildman–Crippen LogP) is 1.30. The third-order valence-corrected chi connectivity index (χ3v) is 1.81. The summed E-state index contributed by atoms with van der Waals surface area (Å²) in [5.74, 6) is -0.0212. The number of hydrogen-bond donors (Lipinski definition) is 0. The second kappa shape index (κ2) is 4.54. The Morgan fingerprint density at radius 2 is 2.07 bits per heavy atom. The number of nitriles is 1. The highest BCUT2D eigenvalue weighted by Gasteiger charge is 2.10. The van der Waals surface area contributed by atoms with E-state index in [9.17, 15) is 4.79 Å². The Hall–Kier alpha value is -1.66. The van der Waals surface area contributed by atoms with Gasteiger partial charge in [-0.1, -0.05) is 18.2 Å². The molecule has 0 aliphatic heterocycles. The highest BCUT2D eigenvalue weighted by Crippen LogP contribution is 2.08. The molecule has 0 aliphatic carbocycles. The summed E-state index contributed by atoms with van der Waals surface area (Å²) in [5.41, 5.74) is 0.947. The van der Waals surface area contributed by atoms with Crippen molar-refractivity contribution in [2.75, 3.05) is 20.6 Å². The molecule has 0 amide bonds. The Morgan fingerprint density at radius 1 is 1.43 bits per heavy atom. The van der Waals surface area contributed by atoms with Crippen LogP contribution in [0.4, 0.5) is 0 Å². The Labute approximate surface area is 83.6 Å². The van der Waals surface area contributed by atoms with Crippen molar-refractivity contribution in [3.8, 4) is 6.07 Å². The number of hydrogen-bond acceptors (Lipinski definition) is 3. The third-order valence-electron chi connectivity index (χ3n) is 1.81. The van der Waals surface area contributed by atoms with Crippen molar-refractivity contribution in [2.45, 2.75) is 0 Å². The van der Waals surface area contributed by atoms with E-state index in [1.807, 2.05) is 20.2 Å². The maximum absolute atomic E-state index is 11.6. The van der Waals surface area contributed by atoms with Gasteiger partial charge in [-0.05, 0) is 20.2 Å². The molecule has 0 atom stereocenters. The number of rotatable bonds is 3. The fraction of sp³-hybridized carbons (Fsp3) is 0.273. The number of ketones is 1. The van der Waals surface area contributed by atoms with Crippen LogP contribution in [-0.2, 0) is 0 Å². The van der Waals surface area contributed by atoms with E-state index in [0.29, 0.717) is 17.7 Å². The molecule has 0 spiro atoms. The van der Waals surface area contributed by atoms with E-state index in [1.54, 1.807) is 29.2 Å². The van der Waals surface area contributed by atoms with Gasteiger partial charge in [-0.25, -0.2) is 0 Å². The first kappa shape index (κ1) is 10.4. The maximum Gasteiger partial charge on any atom is 0.178 e. The van der Waals surface area contributed by atoms with E-state index in [4.69, 9.17) is 5.26 Å². The molecule has 0 fully saturated rings. The van der Waals surface area contributed by atoms with Crippen molar-refractivity contribution >= 4 is 5.78 Å². The van der Waals surface area contributed by atoms with E-state index in [1.165, 1.54) is 0 Å². The van der Waals surface area contributed by atoms with Crippen LogP contribution in [0, 0.1) is 11.3 Å². The van der Waals surface area contributed by atoms with Gasteiger partial charge in [0.05, 0.1) is 18.2 Å². The van der Waals surface area contributed by atoms with Gasteiger partial charge in [0.25, 0.3) is 0 Å². The van der Waals surface area contributed by atoms with Crippen LogP contribution in [0.25, 0.3) is 0 Å². The second-order valence-corrected chi connectivity index (χ2v) is 3.32. The first-order valence-corrected chi connectivity index (χ1v) is 4.32. The van der Waals surface area contributed by atoms with Crippen LogP contribution < -0.4 is 0 Å². The molecule has 0 heterocycles. The normalized spacial score (nSPS) is 9.86. The summed E-state index contributed by atoms with van der Waals surface area (Å²) in [6, 6.07) is 8.87. The number of carbonyl (C=O) groups is 1. The molecule has 3 nitrogen and oxygen atoms in total. The van der Waals surface area contributed by atoms with Crippen LogP contribution >= 0.6 is 0 Å². The summed E-state index contributed by atoms with van der Waals surface area (Å²) in [6.45, 7) is 0.332. The van der Waals surface area contributed by atoms with Crippen molar-refractivity contribution < 1.29 is 4.79 Å². The molecule has 0 unspecified atom stereocenters. The first-order chi connectivity index (χ1) is 6.65. The molecule has 0 saturated carbocycles. The van der Waals surface area contributed by atoms with Gasteiger partial charge in [-0.2, -0.15) is 5.26 Å². The van der Waals surface area contributed by atoms with Crippen molar-refractivity contribution in [3.05, 3.63) is 35.4 Å². The summed E-state index contributed by atoms with van der Waals surface area (Å²) in [7, 11) is 3.65. The van der Waals surface area contributed by atoms with E-state index < -0.39 is 0 Å². The van der Waals surface area contributed by atoms with Gasteiger partial charge in [0.2, 0.25) is 0 Å². The van der Waals surface area contributed by atoms with Crippen LogP contribution in [0.1, 0.15) is 15.9 Å². The van der Waals surface area contributed by atoms with Crippen LogP contribution in [-0.4, -0.2) is 31.3 Å². The molecular formula is C11H12N2O. The maximum atomic E-state index is 11.6. The fourth-order valence-electron chi connectivity index (χ4n) is 1.20. The largest absolute Gasteiger partial charge is 0.302 e. The van der Waals surface area contributed by atoms with E-state index in [2.05, 4.69) is 0 Å². The molecule has 0 bridgehead atoms. The van der Waals surface area contributed by atoms with Crippen LogP contribution in [0.15, 0.2) is 24.3 Å². The Morgan fingerprint density at radius 3 is 2.64 bits per heavy atom.